The quantitative estimate of drug-likeness (QED) is 0.830. The van der Waals surface area contributed by atoms with Gasteiger partial charge in [0, 0.05) is 12.7 Å². The molecule has 0 aliphatic rings. The molecule has 0 bridgehead atoms. The van der Waals surface area contributed by atoms with Gasteiger partial charge in [-0.05, 0) is 30.9 Å². The fourth-order valence-corrected chi connectivity index (χ4v) is 1.55. The van der Waals surface area contributed by atoms with Crippen molar-refractivity contribution in [1.82, 2.24) is 4.57 Å². The maximum atomic E-state index is 11.7. The summed E-state index contributed by atoms with van der Waals surface area (Å²) in [5.74, 6) is -0.568. The first-order valence-corrected chi connectivity index (χ1v) is 5.45. The Hall–Kier alpha value is -1.58. The number of hydrogen-bond donors (Lipinski definition) is 1. The van der Waals surface area contributed by atoms with Crippen molar-refractivity contribution in [2.24, 2.45) is 5.92 Å². The molecule has 0 aliphatic carbocycles. The maximum absolute atomic E-state index is 11.7. The van der Waals surface area contributed by atoms with E-state index in [0.717, 1.165) is 12.8 Å². The molecule has 16 heavy (non-hydrogen) atoms. The third-order valence-corrected chi connectivity index (χ3v) is 2.43. The van der Waals surface area contributed by atoms with Gasteiger partial charge in [-0.3, -0.25) is 4.79 Å². The van der Waals surface area contributed by atoms with E-state index in [0.29, 0.717) is 12.5 Å². The Kier molecular flexibility index (Phi) is 4.28. The first-order chi connectivity index (χ1) is 7.52. The van der Waals surface area contributed by atoms with Crippen molar-refractivity contribution in [2.45, 2.75) is 33.2 Å². The van der Waals surface area contributed by atoms with E-state index in [2.05, 4.69) is 13.8 Å². The topological polar surface area (TPSA) is 59.3 Å². The van der Waals surface area contributed by atoms with Crippen LogP contribution in [-0.2, 0) is 6.54 Å². The van der Waals surface area contributed by atoms with Crippen LogP contribution >= 0.6 is 0 Å². The molecule has 0 fully saturated rings. The molecule has 0 aliphatic heterocycles. The lowest BCUT2D eigenvalue weighted by Gasteiger charge is -2.07. The van der Waals surface area contributed by atoms with Crippen molar-refractivity contribution >= 4 is 5.97 Å². The molecule has 88 valence electrons. The summed E-state index contributed by atoms with van der Waals surface area (Å²) in [6, 6.07) is 2.93. The van der Waals surface area contributed by atoms with Gasteiger partial charge in [-0.1, -0.05) is 13.8 Å². The fraction of sp³-hybridized carbons (Fsp3) is 0.500. The summed E-state index contributed by atoms with van der Waals surface area (Å²) in [4.78, 5) is 22.4. The van der Waals surface area contributed by atoms with E-state index in [1.54, 1.807) is 12.3 Å². The summed E-state index contributed by atoms with van der Waals surface area (Å²) in [5, 5.41) is 8.79. The third kappa shape index (κ3) is 3.22. The van der Waals surface area contributed by atoms with Gasteiger partial charge < -0.3 is 9.67 Å². The van der Waals surface area contributed by atoms with Gasteiger partial charge in [-0.25, -0.2) is 4.79 Å². The highest BCUT2D eigenvalue weighted by Crippen LogP contribution is 2.04. The molecule has 0 spiro atoms. The molecule has 1 heterocycles. The second-order valence-corrected chi connectivity index (χ2v) is 4.26. The van der Waals surface area contributed by atoms with Gasteiger partial charge in [0.05, 0.1) is 0 Å². The standard InChI is InChI=1S/C12H17NO3/c1-9(2)5-3-7-13-8-4-6-10(11(13)14)12(15)16/h4,6,8-9H,3,5,7H2,1-2H3,(H,15,16). The van der Waals surface area contributed by atoms with Crippen LogP contribution in [0.15, 0.2) is 23.1 Å². The van der Waals surface area contributed by atoms with Crippen molar-refractivity contribution in [2.75, 3.05) is 0 Å². The van der Waals surface area contributed by atoms with Gasteiger partial charge in [0.1, 0.15) is 5.56 Å². The number of aryl methyl sites for hydroxylation is 1. The molecule has 4 nitrogen and oxygen atoms in total. The average molecular weight is 223 g/mol. The van der Waals surface area contributed by atoms with Crippen LogP contribution in [0.2, 0.25) is 0 Å². The molecule has 1 aromatic heterocycles. The fourth-order valence-electron chi connectivity index (χ4n) is 1.55. The third-order valence-electron chi connectivity index (χ3n) is 2.43. The molecule has 0 amide bonds. The zero-order valence-corrected chi connectivity index (χ0v) is 9.64. The highest BCUT2D eigenvalue weighted by Gasteiger charge is 2.09. The van der Waals surface area contributed by atoms with E-state index >= 15 is 0 Å². The second kappa shape index (κ2) is 5.49. The van der Waals surface area contributed by atoms with Crippen LogP contribution in [0.25, 0.3) is 0 Å². The molecule has 1 rings (SSSR count). The van der Waals surface area contributed by atoms with Crippen LogP contribution in [-0.4, -0.2) is 15.6 Å². The largest absolute Gasteiger partial charge is 0.477 e. The van der Waals surface area contributed by atoms with Crippen molar-refractivity contribution < 1.29 is 9.90 Å². The Labute approximate surface area is 94.5 Å². The number of rotatable bonds is 5. The molecule has 0 unspecified atom stereocenters. The normalized spacial score (nSPS) is 10.7. The number of pyridine rings is 1. The molecule has 1 N–H and O–H groups in total. The Morgan fingerprint density at radius 2 is 2.19 bits per heavy atom. The predicted molar refractivity (Wildman–Crippen MR) is 61.7 cm³/mol. The maximum Gasteiger partial charge on any atom is 0.341 e. The second-order valence-electron chi connectivity index (χ2n) is 4.26. The summed E-state index contributed by atoms with van der Waals surface area (Å²) in [5.41, 5.74) is -0.578. The highest BCUT2D eigenvalue weighted by atomic mass is 16.4. The summed E-state index contributed by atoms with van der Waals surface area (Å²) in [6.07, 6.45) is 3.56. The van der Waals surface area contributed by atoms with E-state index in [9.17, 15) is 9.59 Å². The van der Waals surface area contributed by atoms with E-state index in [1.165, 1.54) is 10.6 Å². The molecule has 1 aromatic rings. The molecule has 4 heteroatoms. The Balaban J connectivity index is 2.78. The van der Waals surface area contributed by atoms with Gasteiger partial charge in [0.25, 0.3) is 5.56 Å². The number of hydrogen-bond acceptors (Lipinski definition) is 2. The Bertz CT molecular complexity index is 421. The van der Waals surface area contributed by atoms with Gasteiger partial charge in [0.2, 0.25) is 0 Å². The lowest BCUT2D eigenvalue weighted by atomic mass is 10.1. The molecule has 0 saturated carbocycles. The molecule has 0 aromatic carbocycles. The van der Waals surface area contributed by atoms with Crippen molar-refractivity contribution in [3.8, 4) is 0 Å². The lowest BCUT2D eigenvalue weighted by Crippen LogP contribution is -2.25. The molecule has 0 atom stereocenters. The predicted octanol–water partition coefficient (Wildman–Crippen LogP) is 1.98. The Morgan fingerprint density at radius 1 is 1.50 bits per heavy atom. The number of nitrogens with zero attached hydrogens (tertiary/aromatic N) is 1. The lowest BCUT2D eigenvalue weighted by molar-refractivity contribution is 0.0694. The minimum atomic E-state index is -1.16. The van der Waals surface area contributed by atoms with Gasteiger partial charge in [-0.15, -0.1) is 0 Å². The first-order valence-electron chi connectivity index (χ1n) is 5.45. The van der Waals surface area contributed by atoms with E-state index in [1.807, 2.05) is 0 Å². The van der Waals surface area contributed by atoms with E-state index in [-0.39, 0.29) is 5.56 Å². The van der Waals surface area contributed by atoms with Crippen LogP contribution in [0.3, 0.4) is 0 Å². The van der Waals surface area contributed by atoms with Crippen LogP contribution < -0.4 is 5.56 Å². The number of aromatic nitrogens is 1. The highest BCUT2D eigenvalue weighted by molar-refractivity contribution is 5.86. The molecular formula is C12H17NO3. The number of carbonyl (C=O) groups is 1. The van der Waals surface area contributed by atoms with Crippen molar-refractivity contribution in [1.29, 1.82) is 0 Å². The molecule has 0 saturated heterocycles. The minimum absolute atomic E-state index is 0.160. The minimum Gasteiger partial charge on any atom is -0.477 e. The summed E-state index contributed by atoms with van der Waals surface area (Å²) in [6.45, 7) is 4.82. The zero-order chi connectivity index (χ0) is 12.1. The van der Waals surface area contributed by atoms with Crippen LogP contribution in [0.1, 0.15) is 37.0 Å². The molecule has 0 radical (unpaired) electrons. The number of aromatic carboxylic acids is 1. The van der Waals surface area contributed by atoms with Crippen LogP contribution in [0.5, 0.6) is 0 Å². The van der Waals surface area contributed by atoms with Crippen molar-refractivity contribution in [3.63, 3.8) is 0 Å². The first kappa shape index (κ1) is 12.5. The summed E-state index contributed by atoms with van der Waals surface area (Å²) >= 11 is 0. The monoisotopic (exact) mass is 223 g/mol. The summed E-state index contributed by atoms with van der Waals surface area (Å²) < 4.78 is 1.46. The number of carboxylic acids is 1. The number of carboxylic acid groups (broad SMARTS) is 1. The SMILES string of the molecule is CC(C)CCCn1cccc(C(=O)O)c1=O. The Morgan fingerprint density at radius 3 is 2.75 bits per heavy atom. The summed E-state index contributed by atoms with van der Waals surface area (Å²) in [7, 11) is 0. The van der Waals surface area contributed by atoms with E-state index < -0.39 is 11.5 Å². The van der Waals surface area contributed by atoms with Crippen LogP contribution in [0.4, 0.5) is 0 Å². The molecular weight excluding hydrogens is 206 g/mol. The van der Waals surface area contributed by atoms with Gasteiger partial charge in [-0.2, -0.15) is 0 Å². The van der Waals surface area contributed by atoms with Crippen molar-refractivity contribution in [3.05, 3.63) is 34.2 Å². The van der Waals surface area contributed by atoms with E-state index in [4.69, 9.17) is 5.11 Å². The zero-order valence-electron chi connectivity index (χ0n) is 9.64. The van der Waals surface area contributed by atoms with Gasteiger partial charge >= 0.3 is 5.97 Å². The van der Waals surface area contributed by atoms with Crippen LogP contribution in [0, 0.1) is 5.92 Å². The smallest absolute Gasteiger partial charge is 0.341 e. The average Bonchev–Trinajstić information content (AvgIpc) is 2.19. The van der Waals surface area contributed by atoms with Gasteiger partial charge in [0.15, 0.2) is 0 Å².